The van der Waals surface area contributed by atoms with Crippen LogP contribution in [-0.4, -0.2) is 41.6 Å². The second-order valence-electron chi connectivity index (χ2n) is 9.67. The molecule has 9 heteroatoms. The van der Waals surface area contributed by atoms with Crippen LogP contribution in [0, 0.1) is 17.8 Å². The summed E-state index contributed by atoms with van der Waals surface area (Å²) in [5.41, 5.74) is 6.52. The average Bonchev–Trinajstić information content (AvgIpc) is 2.87. The van der Waals surface area contributed by atoms with E-state index < -0.39 is 41.7 Å². The number of esters is 3. The average molecular weight is 522 g/mol. The molecular weight excluding hydrogens is 478 g/mol. The van der Waals surface area contributed by atoms with Crippen LogP contribution in [-0.2, 0) is 23.9 Å². The lowest BCUT2D eigenvalue weighted by atomic mass is 9.82. The van der Waals surface area contributed by atoms with E-state index in [1.165, 1.54) is 12.1 Å². The Morgan fingerprint density at radius 3 is 1.97 bits per heavy atom. The maximum atomic E-state index is 12.6. The number of carbonyl (C=O) groups is 4. The van der Waals surface area contributed by atoms with Gasteiger partial charge in [-0.25, -0.2) is 0 Å². The molecule has 0 bridgehead atoms. The van der Waals surface area contributed by atoms with Gasteiger partial charge in [-0.05, 0) is 42.9 Å². The van der Waals surface area contributed by atoms with Crippen molar-refractivity contribution >= 4 is 23.9 Å². The smallest absolute Gasteiger partial charge is 0.321 e. The molecule has 0 aliphatic rings. The van der Waals surface area contributed by atoms with Crippen molar-refractivity contribution in [2.45, 2.75) is 92.0 Å². The maximum Gasteiger partial charge on any atom is 0.321 e. The van der Waals surface area contributed by atoms with E-state index in [-0.39, 0.29) is 30.0 Å². The summed E-state index contributed by atoms with van der Waals surface area (Å²) >= 11 is 0. The third kappa shape index (κ3) is 10.1. The van der Waals surface area contributed by atoms with E-state index in [9.17, 15) is 24.3 Å². The van der Waals surface area contributed by atoms with Crippen molar-refractivity contribution in [2.24, 2.45) is 23.5 Å². The van der Waals surface area contributed by atoms with E-state index in [4.69, 9.17) is 19.9 Å². The molecule has 0 aliphatic heterocycles. The lowest BCUT2D eigenvalue weighted by molar-refractivity contribution is -0.145. The Kier molecular flexibility index (Phi) is 13.9. The number of hydrogen-bond donors (Lipinski definition) is 2. The highest BCUT2D eigenvalue weighted by Crippen LogP contribution is 2.36. The monoisotopic (exact) mass is 521 g/mol. The van der Waals surface area contributed by atoms with E-state index in [1.807, 2.05) is 20.8 Å². The number of carbonyl (C=O) groups excluding carboxylic acids is 3. The van der Waals surface area contributed by atoms with Crippen LogP contribution in [0.15, 0.2) is 18.2 Å². The molecule has 4 unspecified atom stereocenters. The summed E-state index contributed by atoms with van der Waals surface area (Å²) in [4.78, 5) is 49.0. The third-order valence-corrected chi connectivity index (χ3v) is 6.58. The molecule has 0 saturated heterocycles. The molecule has 0 aliphatic carbocycles. The summed E-state index contributed by atoms with van der Waals surface area (Å²) < 4.78 is 16.5. The van der Waals surface area contributed by atoms with Gasteiger partial charge in [-0.15, -0.1) is 0 Å². The Balaban J connectivity index is 3.32. The molecule has 0 aromatic heterocycles. The fraction of sp³-hybridized carbons (Fsp3) is 0.643. The molecule has 0 saturated carbocycles. The van der Waals surface area contributed by atoms with Gasteiger partial charge in [0.1, 0.15) is 6.04 Å². The zero-order valence-corrected chi connectivity index (χ0v) is 23.0. The minimum Gasteiger partial charge on any atom is -0.480 e. The molecule has 3 N–H and O–H groups in total. The largest absolute Gasteiger partial charge is 0.480 e. The summed E-state index contributed by atoms with van der Waals surface area (Å²) in [7, 11) is 0. The molecule has 1 rings (SSSR count). The van der Waals surface area contributed by atoms with Gasteiger partial charge in [0, 0.05) is 12.3 Å². The third-order valence-electron chi connectivity index (χ3n) is 6.58. The highest BCUT2D eigenvalue weighted by atomic mass is 16.6. The first-order valence-corrected chi connectivity index (χ1v) is 13.2. The molecule has 0 heterocycles. The predicted octanol–water partition coefficient (Wildman–Crippen LogP) is 4.84. The minimum atomic E-state index is -1.32. The van der Waals surface area contributed by atoms with E-state index in [1.54, 1.807) is 26.8 Å². The van der Waals surface area contributed by atoms with Crippen LogP contribution in [0.25, 0.3) is 0 Å². The molecular formula is C28H43NO8. The molecule has 1 aromatic carbocycles. The number of nitrogens with two attached hydrogens (primary N) is 1. The topological polar surface area (TPSA) is 142 Å². The number of carboxylic acid groups (broad SMARTS) is 1. The normalized spacial score (nSPS) is 15.1. The first-order chi connectivity index (χ1) is 17.5. The first kappa shape index (κ1) is 32.1. The molecule has 9 nitrogen and oxygen atoms in total. The fourth-order valence-corrected chi connectivity index (χ4v) is 3.61. The first-order valence-electron chi connectivity index (χ1n) is 13.2. The second kappa shape index (κ2) is 16.0. The molecule has 5 atom stereocenters. The zero-order chi connectivity index (χ0) is 28.1. The van der Waals surface area contributed by atoms with Crippen LogP contribution in [0.1, 0.15) is 91.5 Å². The van der Waals surface area contributed by atoms with Crippen molar-refractivity contribution in [1.29, 1.82) is 0 Å². The van der Waals surface area contributed by atoms with Crippen molar-refractivity contribution in [3.8, 4) is 11.5 Å². The lowest BCUT2D eigenvalue weighted by Crippen LogP contribution is -2.40. The van der Waals surface area contributed by atoms with Crippen molar-refractivity contribution < 1.29 is 38.5 Å². The number of aliphatic carboxylic acids is 1. The Morgan fingerprint density at radius 2 is 1.46 bits per heavy atom. The van der Waals surface area contributed by atoms with Gasteiger partial charge >= 0.3 is 23.9 Å². The number of ether oxygens (including phenoxy) is 3. The van der Waals surface area contributed by atoms with Crippen LogP contribution in [0.4, 0.5) is 0 Å². The van der Waals surface area contributed by atoms with Crippen molar-refractivity contribution in [3.63, 3.8) is 0 Å². The number of hydrogen-bond acceptors (Lipinski definition) is 8. The van der Waals surface area contributed by atoms with E-state index in [0.717, 1.165) is 19.3 Å². The van der Waals surface area contributed by atoms with Gasteiger partial charge < -0.3 is 25.1 Å². The zero-order valence-electron chi connectivity index (χ0n) is 23.0. The van der Waals surface area contributed by atoms with Crippen LogP contribution in [0.3, 0.4) is 0 Å². The Hall–Kier alpha value is -2.94. The standard InChI is InChI=1S/C28H43NO8/c1-7-10-11-12-23(30)35-16-19(6)24(25(29)26(31)32)20-13-14-21(36-27(33)17(4)8-2)22(15-20)37-28(34)18(5)9-3/h13-15,17-19,24-25H,7-12,16,29H2,1-6H3,(H,31,32)/t17?,18?,19?,24?,25-/m0/s1. The van der Waals surface area contributed by atoms with Gasteiger partial charge in [-0.3, -0.25) is 19.2 Å². The molecule has 1 aromatic rings. The van der Waals surface area contributed by atoms with E-state index >= 15 is 0 Å². The summed E-state index contributed by atoms with van der Waals surface area (Å²) in [6, 6.07) is 3.22. The van der Waals surface area contributed by atoms with Crippen LogP contribution in [0.2, 0.25) is 0 Å². The SMILES string of the molecule is CCCCCC(=O)OCC(C)C(c1ccc(OC(=O)C(C)CC)c(OC(=O)C(C)CC)c1)[C@H](N)C(=O)O. The summed E-state index contributed by atoms with van der Waals surface area (Å²) in [6.07, 6.45) is 4.04. The molecule has 0 radical (unpaired) electrons. The van der Waals surface area contributed by atoms with Crippen molar-refractivity contribution in [2.75, 3.05) is 6.61 Å². The van der Waals surface area contributed by atoms with E-state index in [0.29, 0.717) is 24.8 Å². The fourth-order valence-electron chi connectivity index (χ4n) is 3.61. The van der Waals surface area contributed by atoms with E-state index in [2.05, 4.69) is 0 Å². The van der Waals surface area contributed by atoms with Crippen LogP contribution < -0.4 is 15.2 Å². The molecule has 37 heavy (non-hydrogen) atoms. The van der Waals surface area contributed by atoms with Gasteiger partial charge in [0.05, 0.1) is 18.4 Å². The second-order valence-corrected chi connectivity index (χ2v) is 9.67. The van der Waals surface area contributed by atoms with Crippen LogP contribution >= 0.6 is 0 Å². The van der Waals surface area contributed by atoms with Gasteiger partial charge in [0.25, 0.3) is 0 Å². The lowest BCUT2D eigenvalue weighted by Gasteiger charge is -2.28. The van der Waals surface area contributed by atoms with Gasteiger partial charge in [-0.1, -0.05) is 60.5 Å². The Labute approximate surface area is 220 Å². The molecule has 208 valence electrons. The highest BCUT2D eigenvalue weighted by molar-refractivity contribution is 5.79. The molecule has 0 spiro atoms. The summed E-state index contributed by atoms with van der Waals surface area (Å²) in [5.74, 6) is -4.49. The Bertz CT molecular complexity index is 915. The van der Waals surface area contributed by atoms with Crippen molar-refractivity contribution in [3.05, 3.63) is 23.8 Å². The maximum absolute atomic E-state index is 12.6. The number of benzene rings is 1. The minimum absolute atomic E-state index is 0.00537. The molecule has 0 amide bonds. The van der Waals surface area contributed by atoms with Gasteiger partial charge in [0.2, 0.25) is 0 Å². The number of unbranched alkanes of at least 4 members (excludes halogenated alkanes) is 2. The summed E-state index contributed by atoms with van der Waals surface area (Å²) in [5, 5.41) is 9.68. The van der Waals surface area contributed by atoms with Crippen LogP contribution in [0.5, 0.6) is 11.5 Å². The quantitative estimate of drug-likeness (QED) is 0.177. The number of rotatable bonds is 16. The van der Waals surface area contributed by atoms with Gasteiger partial charge in [0.15, 0.2) is 11.5 Å². The Morgan fingerprint density at radius 1 is 0.892 bits per heavy atom. The van der Waals surface area contributed by atoms with Crippen molar-refractivity contribution in [1.82, 2.24) is 0 Å². The number of carboxylic acids is 1. The molecule has 0 fully saturated rings. The van der Waals surface area contributed by atoms with Gasteiger partial charge in [-0.2, -0.15) is 0 Å². The highest BCUT2D eigenvalue weighted by Gasteiger charge is 2.33. The predicted molar refractivity (Wildman–Crippen MR) is 139 cm³/mol. The summed E-state index contributed by atoms with van der Waals surface area (Å²) in [6.45, 7) is 10.9.